The molecule has 148 valence electrons. The van der Waals surface area contributed by atoms with Crippen LogP contribution in [0.25, 0.3) is 0 Å². The van der Waals surface area contributed by atoms with E-state index in [9.17, 15) is 14.5 Å². The van der Waals surface area contributed by atoms with Crippen molar-refractivity contribution < 1.29 is 18.8 Å². The second-order valence-electron chi connectivity index (χ2n) is 6.20. The standard InChI is InChI=1S/C19H16FN5O4/c20-14-4-1-12(2-5-14)8-21-18-17(25(26)27)19(24-10-23-18)22-9-13-3-6-15-16(7-13)29-11-28-15/h1-7,10H,8-9,11H2,(H2,21,22,23,24). The molecule has 0 fully saturated rings. The molecule has 0 spiro atoms. The van der Waals surface area contributed by atoms with Crippen LogP contribution in [0.5, 0.6) is 11.5 Å². The lowest BCUT2D eigenvalue weighted by atomic mass is 10.2. The average Bonchev–Trinajstić information content (AvgIpc) is 3.19. The van der Waals surface area contributed by atoms with E-state index in [-0.39, 0.29) is 36.5 Å². The topological polar surface area (TPSA) is 111 Å². The first-order chi connectivity index (χ1) is 14.1. The van der Waals surface area contributed by atoms with E-state index in [4.69, 9.17) is 9.47 Å². The fourth-order valence-corrected chi connectivity index (χ4v) is 2.84. The molecule has 10 heteroatoms. The summed E-state index contributed by atoms with van der Waals surface area (Å²) in [5.41, 5.74) is 1.34. The van der Waals surface area contributed by atoms with Crippen molar-refractivity contribution in [2.45, 2.75) is 13.1 Å². The Bertz CT molecular complexity index is 1050. The first-order valence-corrected chi connectivity index (χ1v) is 8.70. The number of fused-ring (bicyclic) bond motifs is 1. The smallest absolute Gasteiger partial charge is 0.353 e. The van der Waals surface area contributed by atoms with Crippen LogP contribution in [0.15, 0.2) is 48.8 Å². The number of nitro groups is 1. The molecule has 3 aromatic rings. The lowest BCUT2D eigenvalue weighted by Gasteiger charge is -2.10. The normalized spacial score (nSPS) is 11.9. The number of nitrogens with one attached hydrogen (secondary N) is 2. The highest BCUT2D eigenvalue weighted by Crippen LogP contribution is 2.33. The van der Waals surface area contributed by atoms with E-state index >= 15 is 0 Å². The van der Waals surface area contributed by atoms with Gasteiger partial charge < -0.3 is 20.1 Å². The number of ether oxygens (including phenoxy) is 2. The SMILES string of the molecule is O=[N+]([O-])c1c(NCc2ccc(F)cc2)ncnc1NCc1ccc2c(c1)OCO2. The van der Waals surface area contributed by atoms with Crippen molar-refractivity contribution >= 4 is 17.3 Å². The van der Waals surface area contributed by atoms with E-state index in [1.165, 1.54) is 18.5 Å². The molecule has 2 heterocycles. The van der Waals surface area contributed by atoms with Crippen molar-refractivity contribution in [2.24, 2.45) is 0 Å². The Morgan fingerprint density at radius 3 is 2.28 bits per heavy atom. The Morgan fingerprint density at radius 1 is 0.966 bits per heavy atom. The van der Waals surface area contributed by atoms with Crippen LogP contribution in [0, 0.1) is 15.9 Å². The zero-order valence-corrected chi connectivity index (χ0v) is 15.1. The van der Waals surface area contributed by atoms with Gasteiger partial charge in [-0.2, -0.15) is 0 Å². The Hall–Kier alpha value is -3.95. The predicted octanol–water partition coefficient (Wildman–Crippen LogP) is 3.48. The first kappa shape index (κ1) is 18.4. The molecule has 0 bridgehead atoms. The Morgan fingerprint density at radius 2 is 1.59 bits per heavy atom. The monoisotopic (exact) mass is 397 g/mol. The Kier molecular flexibility index (Phi) is 5.06. The zero-order valence-electron chi connectivity index (χ0n) is 15.1. The third-order valence-corrected chi connectivity index (χ3v) is 4.28. The van der Waals surface area contributed by atoms with Gasteiger partial charge in [-0.25, -0.2) is 14.4 Å². The van der Waals surface area contributed by atoms with E-state index in [0.717, 1.165) is 11.1 Å². The molecule has 0 saturated carbocycles. The summed E-state index contributed by atoms with van der Waals surface area (Å²) in [4.78, 5) is 19.1. The minimum atomic E-state index is -0.547. The molecule has 0 saturated heterocycles. The van der Waals surface area contributed by atoms with E-state index in [0.29, 0.717) is 18.0 Å². The molecular weight excluding hydrogens is 381 g/mol. The van der Waals surface area contributed by atoms with Crippen LogP contribution >= 0.6 is 0 Å². The maximum Gasteiger partial charge on any atom is 0.353 e. The highest BCUT2D eigenvalue weighted by Gasteiger charge is 2.23. The molecule has 0 unspecified atom stereocenters. The maximum absolute atomic E-state index is 13.0. The molecule has 0 aliphatic carbocycles. The maximum atomic E-state index is 13.0. The Balaban J connectivity index is 1.50. The molecule has 9 nitrogen and oxygen atoms in total. The molecule has 0 radical (unpaired) electrons. The number of nitrogens with zero attached hydrogens (tertiary/aromatic N) is 3. The number of rotatable bonds is 7. The van der Waals surface area contributed by atoms with Crippen LogP contribution in [0.3, 0.4) is 0 Å². The summed E-state index contributed by atoms with van der Waals surface area (Å²) < 4.78 is 23.6. The van der Waals surface area contributed by atoms with Crippen LogP contribution in [0.4, 0.5) is 21.7 Å². The molecule has 29 heavy (non-hydrogen) atoms. The third kappa shape index (κ3) is 4.15. The van der Waals surface area contributed by atoms with E-state index in [1.54, 1.807) is 24.3 Å². The van der Waals surface area contributed by atoms with Crippen LogP contribution in [-0.2, 0) is 13.1 Å². The van der Waals surface area contributed by atoms with Gasteiger partial charge in [-0.15, -0.1) is 0 Å². The summed E-state index contributed by atoms with van der Waals surface area (Å²) in [6.45, 7) is 0.721. The van der Waals surface area contributed by atoms with Crippen LogP contribution in [0.2, 0.25) is 0 Å². The van der Waals surface area contributed by atoms with E-state index in [1.807, 2.05) is 6.07 Å². The van der Waals surface area contributed by atoms with Gasteiger partial charge in [0.25, 0.3) is 0 Å². The summed E-state index contributed by atoms with van der Waals surface area (Å²) >= 11 is 0. The lowest BCUT2D eigenvalue weighted by molar-refractivity contribution is -0.383. The van der Waals surface area contributed by atoms with Gasteiger partial charge in [0, 0.05) is 13.1 Å². The van der Waals surface area contributed by atoms with Gasteiger partial charge in [0.2, 0.25) is 18.4 Å². The molecule has 4 rings (SSSR count). The summed E-state index contributed by atoms with van der Waals surface area (Å²) in [5.74, 6) is 1.10. The average molecular weight is 397 g/mol. The van der Waals surface area contributed by atoms with Crippen molar-refractivity contribution in [1.82, 2.24) is 9.97 Å². The molecule has 1 aromatic heterocycles. The van der Waals surface area contributed by atoms with Crippen LogP contribution in [-0.4, -0.2) is 21.7 Å². The van der Waals surface area contributed by atoms with Gasteiger partial charge >= 0.3 is 5.69 Å². The van der Waals surface area contributed by atoms with Crippen LogP contribution in [0.1, 0.15) is 11.1 Å². The fourth-order valence-electron chi connectivity index (χ4n) is 2.84. The predicted molar refractivity (Wildman–Crippen MR) is 102 cm³/mol. The molecule has 2 aromatic carbocycles. The van der Waals surface area contributed by atoms with Crippen molar-refractivity contribution in [3.63, 3.8) is 0 Å². The number of aromatic nitrogens is 2. The molecule has 2 N–H and O–H groups in total. The third-order valence-electron chi connectivity index (χ3n) is 4.28. The molecular formula is C19H16FN5O4. The van der Waals surface area contributed by atoms with Gasteiger partial charge in [-0.05, 0) is 35.4 Å². The van der Waals surface area contributed by atoms with Crippen molar-refractivity contribution in [1.29, 1.82) is 0 Å². The minimum Gasteiger partial charge on any atom is -0.454 e. The second kappa shape index (κ2) is 7.97. The van der Waals surface area contributed by atoms with Crippen molar-refractivity contribution in [3.8, 4) is 11.5 Å². The molecule has 0 atom stereocenters. The Labute approximate surface area is 164 Å². The summed E-state index contributed by atoms with van der Waals surface area (Å²) in [5, 5.41) is 17.5. The summed E-state index contributed by atoms with van der Waals surface area (Å²) in [6, 6.07) is 11.2. The highest BCUT2D eigenvalue weighted by molar-refractivity contribution is 5.69. The summed E-state index contributed by atoms with van der Waals surface area (Å²) in [7, 11) is 0. The fraction of sp³-hybridized carbons (Fsp3) is 0.158. The molecule has 0 amide bonds. The summed E-state index contributed by atoms with van der Waals surface area (Å²) in [6.07, 6.45) is 1.24. The van der Waals surface area contributed by atoms with Gasteiger partial charge in [0.15, 0.2) is 11.5 Å². The van der Waals surface area contributed by atoms with Crippen molar-refractivity contribution in [3.05, 3.63) is 75.9 Å². The number of hydrogen-bond donors (Lipinski definition) is 2. The minimum absolute atomic E-state index is 0.0718. The van der Waals surface area contributed by atoms with Gasteiger partial charge in [-0.1, -0.05) is 18.2 Å². The number of benzene rings is 2. The highest BCUT2D eigenvalue weighted by atomic mass is 19.1. The van der Waals surface area contributed by atoms with E-state index < -0.39 is 4.92 Å². The molecule has 1 aliphatic heterocycles. The number of halogens is 1. The van der Waals surface area contributed by atoms with Crippen LogP contribution < -0.4 is 20.1 Å². The van der Waals surface area contributed by atoms with E-state index in [2.05, 4.69) is 20.6 Å². The van der Waals surface area contributed by atoms with Crippen molar-refractivity contribution in [2.75, 3.05) is 17.4 Å². The second-order valence-corrected chi connectivity index (χ2v) is 6.20. The quantitative estimate of drug-likeness (QED) is 0.460. The molecule has 1 aliphatic rings. The zero-order chi connectivity index (χ0) is 20.2. The lowest BCUT2D eigenvalue weighted by Crippen LogP contribution is -2.10. The van der Waals surface area contributed by atoms with Gasteiger partial charge in [0.05, 0.1) is 4.92 Å². The van der Waals surface area contributed by atoms with Gasteiger partial charge in [-0.3, -0.25) is 10.1 Å². The number of hydrogen-bond acceptors (Lipinski definition) is 8. The van der Waals surface area contributed by atoms with Gasteiger partial charge in [0.1, 0.15) is 12.1 Å². The first-order valence-electron chi connectivity index (χ1n) is 8.70. The number of anilines is 2. The largest absolute Gasteiger partial charge is 0.454 e.